The number of carbonyl (C=O) groups is 1. The second-order valence-electron chi connectivity index (χ2n) is 5.30. The standard InChI is InChI=1S/C15H20F2N2OS/c1-11(20)18-13-3-2-8-19(10-13)9-12-4-6-14(7-5-12)21-15(16)17/h4-7,13,15H,2-3,8-10H2,1H3,(H,18,20)/t13-/m0/s1. The van der Waals surface area contributed by atoms with Crippen molar-refractivity contribution in [3.63, 3.8) is 0 Å². The van der Waals surface area contributed by atoms with E-state index in [0.29, 0.717) is 16.7 Å². The number of hydrogen-bond acceptors (Lipinski definition) is 3. The molecular formula is C15H20F2N2OS. The molecule has 1 aliphatic heterocycles. The van der Waals surface area contributed by atoms with Crippen LogP contribution in [-0.2, 0) is 11.3 Å². The summed E-state index contributed by atoms with van der Waals surface area (Å²) in [7, 11) is 0. The van der Waals surface area contributed by atoms with Crippen molar-refractivity contribution in [2.75, 3.05) is 13.1 Å². The van der Waals surface area contributed by atoms with Gasteiger partial charge in [0.25, 0.3) is 5.76 Å². The van der Waals surface area contributed by atoms with Crippen LogP contribution in [0.4, 0.5) is 8.78 Å². The molecule has 1 aromatic carbocycles. The van der Waals surface area contributed by atoms with Crippen molar-refractivity contribution in [3.8, 4) is 0 Å². The van der Waals surface area contributed by atoms with Gasteiger partial charge in [0.2, 0.25) is 5.91 Å². The molecule has 0 unspecified atom stereocenters. The van der Waals surface area contributed by atoms with E-state index in [1.807, 2.05) is 12.1 Å². The zero-order valence-corrected chi connectivity index (χ0v) is 12.8. The van der Waals surface area contributed by atoms with Crippen LogP contribution >= 0.6 is 11.8 Å². The number of rotatable bonds is 5. The zero-order valence-electron chi connectivity index (χ0n) is 12.0. The van der Waals surface area contributed by atoms with E-state index >= 15 is 0 Å². The van der Waals surface area contributed by atoms with Crippen LogP contribution in [0, 0.1) is 0 Å². The molecule has 0 bridgehead atoms. The van der Waals surface area contributed by atoms with Gasteiger partial charge < -0.3 is 5.32 Å². The molecule has 1 aliphatic rings. The van der Waals surface area contributed by atoms with Crippen molar-refractivity contribution in [2.24, 2.45) is 0 Å². The molecule has 1 saturated heterocycles. The topological polar surface area (TPSA) is 32.3 Å². The highest BCUT2D eigenvalue weighted by Gasteiger charge is 2.20. The minimum Gasteiger partial charge on any atom is -0.352 e. The lowest BCUT2D eigenvalue weighted by Crippen LogP contribution is -2.46. The Morgan fingerprint density at radius 2 is 2.14 bits per heavy atom. The number of halogens is 2. The minimum atomic E-state index is -2.38. The van der Waals surface area contributed by atoms with Crippen LogP contribution in [0.3, 0.4) is 0 Å². The summed E-state index contributed by atoms with van der Waals surface area (Å²) in [5.41, 5.74) is 1.11. The lowest BCUT2D eigenvalue weighted by Gasteiger charge is -2.33. The average molecular weight is 314 g/mol. The van der Waals surface area contributed by atoms with E-state index in [9.17, 15) is 13.6 Å². The van der Waals surface area contributed by atoms with Crippen LogP contribution in [0.25, 0.3) is 0 Å². The Bertz CT molecular complexity index is 467. The third-order valence-electron chi connectivity index (χ3n) is 3.47. The number of thioether (sulfide) groups is 1. The van der Waals surface area contributed by atoms with Crippen molar-refractivity contribution < 1.29 is 13.6 Å². The number of hydrogen-bond donors (Lipinski definition) is 1. The maximum absolute atomic E-state index is 12.3. The van der Waals surface area contributed by atoms with Gasteiger partial charge in [-0.05, 0) is 37.1 Å². The van der Waals surface area contributed by atoms with E-state index in [1.54, 1.807) is 19.1 Å². The highest BCUT2D eigenvalue weighted by molar-refractivity contribution is 7.99. The monoisotopic (exact) mass is 314 g/mol. The number of nitrogens with zero attached hydrogens (tertiary/aromatic N) is 1. The molecular weight excluding hydrogens is 294 g/mol. The summed E-state index contributed by atoms with van der Waals surface area (Å²) in [6.45, 7) is 4.17. The third kappa shape index (κ3) is 5.63. The van der Waals surface area contributed by atoms with Crippen molar-refractivity contribution in [1.29, 1.82) is 0 Å². The third-order valence-corrected chi connectivity index (χ3v) is 4.19. The molecule has 2 rings (SSSR count). The van der Waals surface area contributed by atoms with Crippen LogP contribution in [-0.4, -0.2) is 35.7 Å². The first-order chi connectivity index (χ1) is 10.0. The number of amides is 1. The van der Waals surface area contributed by atoms with E-state index in [-0.39, 0.29) is 11.9 Å². The maximum Gasteiger partial charge on any atom is 0.288 e. The maximum atomic E-state index is 12.3. The molecule has 1 heterocycles. The van der Waals surface area contributed by atoms with E-state index in [4.69, 9.17) is 0 Å². The summed E-state index contributed by atoms with van der Waals surface area (Å²) < 4.78 is 24.5. The number of nitrogens with one attached hydrogen (secondary N) is 1. The molecule has 1 atom stereocenters. The van der Waals surface area contributed by atoms with Gasteiger partial charge in [-0.15, -0.1) is 0 Å². The van der Waals surface area contributed by atoms with Crippen LogP contribution in [0.1, 0.15) is 25.3 Å². The van der Waals surface area contributed by atoms with E-state index in [2.05, 4.69) is 10.2 Å². The SMILES string of the molecule is CC(=O)N[C@H]1CCCN(Cc2ccc(SC(F)F)cc2)C1. The van der Waals surface area contributed by atoms with Gasteiger partial charge in [0.05, 0.1) is 0 Å². The van der Waals surface area contributed by atoms with Gasteiger partial charge in [-0.2, -0.15) is 8.78 Å². The molecule has 1 fully saturated rings. The molecule has 0 saturated carbocycles. The second kappa shape index (κ2) is 7.75. The average Bonchev–Trinajstić information content (AvgIpc) is 2.40. The first kappa shape index (κ1) is 16.2. The van der Waals surface area contributed by atoms with Crippen molar-refractivity contribution in [2.45, 2.75) is 43.0 Å². The Balaban J connectivity index is 1.87. The fraction of sp³-hybridized carbons (Fsp3) is 0.533. The number of likely N-dealkylation sites (tertiary alicyclic amines) is 1. The van der Waals surface area contributed by atoms with Gasteiger partial charge in [-0.1, -0.05) is 23.9 Å². The molecule has 0 aromatic heterocycles. The predicted molar refractivity (Wildman–Crippen MR) is 80.4 cm³/mol. The highest BCUT2D eigenvalue weighted by atomic mass is 32.2. The van der Waals surface area contributed by atoms with Crippen molar-refractivity contribution in [1.82, 2.24) is 10.2 Å². The number of carbonyl (C=O) groups excluding carboxylic acids is 1. The van der Waals surface area contributed by atoms with Crippen molar-refractivity contribution in [3.05, 3.63) is 29.8 Å². The normalized spacial score (nSPS) is 19.7. The van der Waals surface area contributed by atoms with Crippen LogP contribution in [0.2, 0.25) is 0 Å². The quantitative estimate of drug-likeness (QED) is 0.848. The summed E-state index contributed by atoms with van der Waals surface area (Å²) in [5.74, 6) is -2.37. The summed E-state index contributed by atoms with van der Waals surface area (Å²) in [5, 5.41) is 2.96. The number of alkyl halides is 2. The molecule has 1 amide bonds. The number of piperidine rings is 1. The zero-order chi connectivity index (χ0) is 15.2. The lowest BCUT2D eigenvalue weighted by molar-refractivity contribution is -0.120. The highest BCUT2D eigenvalue weighted by Crippen LogP contribution is 2.25. The van der Waals surface area contributed by atoms with E-state index in [1.165, 1.54) is 0 Å². The van der Waals surface area contributed by atoms with Gasteiger partial charge in [-0.25, -0.2) is 0 Å². The molecule has 0 spiro atoms. The van der Waals surface area contributed by atoms with Gasteiger partial charge in [-0.3, -0.25) is 9.69 Å². The fourth-order valence-electron chi connectivity index (χ4n) is 2.64. The Morgan fingerprint density at radius 1 is 1.43 bits per heavy atom. The smallest absolute Gasteiger partial charge is 0.288 e. The molecule has 0 aliphatic carbocycles. The molecule has 116 valence electrons. The minimum absolute atomic E-state index is 0.00947. The largest absolute Gasteiger partial charge is 0.352 e. The van der Waals surface area contributed by atoms with Gasteiger partial charge in [0.15, 0.2) is 0 Å². The molecule has 1 aromatic rings. The van der Waals surface area contributed by atoms with E-state index < -0.39 is 5.76 Å². The Hall–Kier alpha value is -1.14. The fourth-order valence-corrected chi connectivity index (χ4v) is 3.14. The molecule has 6 heteroatoms. The van der Waals surface area contributed by atoms with Gasteiger partial charge in [0, 0.05) is 31.0 Å². The summed E-state index contributed by atoms with van der Waals surface area (Å²) in [6.07, 6.45) is 2.07. The summed E-state index contributed by atoms with van der Waals surface area (Å²) in [6, 6.07) is 7.48. The first-order valence-corrected chi connectivity index (χ1v) is 7.94. The Kier molecular flexibility index (Phi) is 5.99. The molecule has 3 nitrogen and oxygen atoms in total. The van der Waals surface area contributed by atoms with Crippen molar-refractivity contribution >= 4 is 17.7 Å². The molecule has 0 radical (unpaired) electrons. The van der Waals surface area contributed by atoms with Crippen LogP contribution in [0.15, 0.2) is 29.2 Å². The lowest BCUT2D eigenvalue weighted by atomic mass is 10.0. The Morgan fingerprint density at radius 3 is 2.76 bits per heavy atom. The summed E-state index contributed by atoms with van der Waals surface area (Å²) in [4.78, 5) is 14.0. The van der Waals surface area contributed by atoms with Gasteiger partial charge in [0.1, 0.15) is 0 Å². The van der Waals surface area contributed by atoms with Crippen LogP contribution in [0.5, 0.6) is 0 Å². The van der Waals surface area contributed by atoms with Gasteiger partial charge >= 0.3 is 0 Å². The first-order valence-electron chi connectivity index (χ1n) is 7.06. The summed E-state index contributed by atoms with van der Waals surface area (Å²) >= 11 is 0.566. The molecule has 21 heavy (non-hydrogen) atoms. The number of benzene rings is 1. The predicted octanol–water partition coefficient (Wildman–Crippen LogP) is 3.10. The van der Waals surface area contributed by atoms with Crippen LogP contribution < -0.4 is 5.32 Å². The second-order valence-corrected chi connectivity index (χ2v) is 6.36. The molecule has 1 N–H and O–H groups in total. The van der Waals surface area contributed by atoms with E-state index in [0.717, 1.165) is 38.0 Å². The Labute approximate surface area is 128 Å².